The zero-order valence-electron chi connectivity index (χ0n) is 13.5. The van der Waals surface area contributed by atoms with Gasteiger partial charge >= 0.3 is 0 Å². The number of hydrogen-bond acceptors (Lipinski definition) is 4. The van der Waals surface area contributed by atoms with E-state index in [1.807, 2.05) is 6.20 Å². The van der Waals surface area contributed by atoms with E-state index in [2.05, 4.69) is 10.0 Å². The molecule has 3 heterocycles. The Kier molecular flexibility index (Phi) is 4.16. The van der Waals surface area contributed by atoms with Crippen LogP contribution in [0.1, 0.15) is 23.3 Å². The molecule has 5 rings (SSSR count). The van der Waals surface area contributed by atoms with E-state index in [4.69, 9.17) is 4.74 Å². The Balaban J connectivity index is 1.61. The monoisotopic (exact) mass is 365 g/mol. The number of halogens is 2. The topological polar surface area (TPSA) is 55.3 Å². The molecule has 2 N–H and O–H groups in total. The minimum Gasteiger partial charge on any atom is -0.490 e. The van der Waals surface area contributed by atoms with E-state index >= 15 is 0 Å². The van der Waals surface area contributed by atoms with Crippen molar-refractivity contribution >= 4 is 23.5 Å². The number of hydrogen-bond donors (Lipinski definition) is 2. The van der Waals surface area contributed by atoms with E-state index in [1.54, 1.807) is 11.6 Å². The summed E-state index contributed by atoms with van der Waals surface area (Å²) < 4.78 is 37.4. The van der Waals surface area contributed by atoms with Crippen LogP contribution in [0.25, 0.3) is 0 Å². The van der Waals surface area contributed by atoms with Crippen molar-refractivity contribution in [1.29, 1.82) is 0 Å². The normalized spacial score (nSPS) is 21.9. The lowest BCUT2D eigenvalue weighted by Crippen LogP contribution is -2.39. The van der Waals surface area contributed by atoms with E-state index in [0.29, 0.717) is 30.0 Å². The lowest BCUT2D eigenvalue weighted by molar-refractivity contribution is 0.100. The first-order valence-electron chi connectivity index (χ1n) is 8.02. The number of benzene rings is 1. The molecule has 1 saturated carbocycles. The molecule has 1 aromatic heterocycles. The molecule has 132 valence electrons. The summed E-state index contributed by atoms with van der Waals surface area (Å²) in [7, 11) is 1.75. The second-order valence-corrected chi connectivity index (χ2v) is 7.31. The Hall–Kier alpha value is -2.06. The summed E-state index contributed by atoms with van der Waals surface area (Å²) in [5.74, 6) is -1.38. The fourth-order valence-corrected chi connectivity index (χ4v) is 4.08. The van der Waals surface area contributed by atoms with Crippen LogP contribution in [0.5, 0.6) is 5.75 Å². The van der Waals surface area contributed by atoms with E-state index < -0.39 is 17.5 Å². The molecule has 0 radical (unpaired) electrons. The number of rotatable bonds is 2. The Morgan fingerprint density at radius 3 is 2.92 bits per heavy atom. The highest BCUT2D eigenvalue weighted by molar-refractivity contribution is 7.97. The van der Waals surface area contributed by atoms with Crippen LogP contribution in [-0.2, 0) is 7.05 Å². The first-order valence-corrected chi connectivity index (χ1v) is 8.84. The highest BCUT2D eigenvalue weighted by atomic mass is 32.2. The number of nitrogens with zero attached hydrogens (tertiary/aromatic N) is 1. The minimum atomic E-state index is -1.01. The van der Waals surface area contributed by atoms with Crippen LogP contribution in [0, 0.1) is 17.6 Å². The number of ether oxygens (including phenoxy) is 1. The maximum atomic E-state index is 13.3. The first kappa shape index (κ1) is 16.4. The van der Waals surface area contributed by atoms with E-state index in [1.165, 1.54) is 18.0 Å². The van der Waals surface area contributed by atoms with E-state index in [9.17, 15) is 13.6 Å². The highest BCUT2D eigenvalue weighted by Gasteiger charge is 2.33. The molecule has 0 unspecified atom stereocenters. The van der Waals surface area contributed by atoms with Gasteiger partial charge in [0.05, 0.1) is 11.5 Å². The maximum Gasteiger partial charge on any atom is 0.276 e. The van der Waals surface area contributed by atoms with Crippen molar-refractivity contribution in [3.63, 3.8) is 0 Å². The molecule has 0 atom stereocenters. The summed E-state index contributed by atoms with van der Waals surface area (Å²) in [6.07, 6.45) is 3.97. The Morgan fingerprint density at radius 1 is 1.36 bits per heavy atom. The molecule has 3 aliphatic rings. The lowest BCUT2D eigenvalue weighted by Gasteiger charge is -2.33. The van der Waals surface area contributed by atoms with E-state index in [0.717, 1.165) is 29.9 Å². The van der Waals surface area contributed by atoms with Gasteiger partial charge in [0.1, 0.15) is 0 Å². The number of carbonyl (C=O) groups is 1. The quantitative estimate of drug-likeness (QED) is 0.802. The summed E-state index contributed by atoms with van der Waals surface area (Å²) >= 11 is 1.46. The van der Waals surface area contributed by atoms with E-state index in [-0.39, 0.29) is 5.69 Å². The number of amides is 1. The summed E-state index contributed by atoms with van der Waals surface area (Å²) in [5.41, 5.74) is 0.545. The van der Waals surface area contributed by atoms with Gasteiger partial charge in [-0.25, -0.2) is 8.78 Å². The lowest BCUT2D eigenvalue weighted by atomic mass is 9.81. The zero-order valence-corrected chi connectivity index (χ0v) is 14.3. The van der Waals surface area contributed by atoms with Gasteiger partial charge in [0.15, 0.2) is 23.1 Å². The molecular weight excluding hydrogens is 348 g/mol. The third kappa shape index (κ3) is 3.11. The van der Waals surface area contributed by atoms with Gasteiger partial charge in [-0.05, 0) is 42.8 Å². The molecule has 1 aromatic carbocycles. The maximum absolute atomic E-state index is 13.3. The number of aryl methyl sites for hydroxylation is 1. The fourth-order valence-electron chi connectivity index (χ4n) is 3.13. The van der Waals surface area contributed by atoms with Gasteiger partial charge in [-0.2, -0.15) is 0 Å². The second-order valence-electron chi connectivity index (χ2n) is 6.43. The Morgan fingerprint density at radius 2 is 2.16 bits per heavy atom. The molecule has 1 fully saturated rings. The molecule has 2 aliphatic heterocycles. The van der Waals surface area contributed by atoms with Gasteiger partial charge in [-0.3, -0.25) is 9.52 Å². The fraction of sp³-hybridized carbons (Fsp3) is 0.353. The summed E-state index contributed by atoms with van der Waals surface area (Å²) in [6, 6.07) is 3.73. The Bertz CT molecular complexity index is 834. The number of anilines is 1. The zero-order chi connectivity index (χ0) is 17.6. The molecule has 1 aliphatic carbocycles. The van der Waals surface area contributed by atoms with Crippen molar-refractivity contribution < 1.29 is 18.3 Å². The standard InChI is InChI=1S/C17H17F2N3O2S/c1-22-7-14-16(24-8-9-4-11(5-9)21-25-14)15(22)17(23)20-10-2-3-12(18)13(19)6-10/h2-3,6-7,9,11,21H,4-5,8H2,1H3,(H,20,23)/t9-,11+. The van der Waals surface area contributed by atoms with Crippen molar-refractivity contribution in [3.8, 4) is 5.75 Å². The predicted molar refractivity (Wildman–Crippen MR) is 90.7 cm³/mol. The molecule has 2 aromatic rings. The average Bonchev–Trinajstić information content (AvgIpc) is 2.89. The molecule has 0 spiro atoms. The van der Waals surface area contributed by atoms with Gasteiger partial charge in [-0.15, -0.1) is 0 Å². The highest BCUT2D eigenvalue weighted by Crippen LogP contribution is 2.39. The second kappa shape index (κ2) is 6.34. The van der Waals surface area contributed by atoms with Crippen LogP contribution in [0.4, 0.5) is 14.5 Å². The third-order valence-corrected chi connectivity index (χ3v) is 5.49. The average molecular weight is 365 g/mol. The van der Waals surface area contributed by atoms with Gasteiger partial charge in [0.25, 0.3) is 5.91 Å². The predicted octanol–water partition coefficient (Wildman–Crippen LogP) is 3.32. The van der Waals surface area contributed by atoms with Crippen molar-refractivity contribution in [2.24, 2.45) is 13.0 Å². The molecule has 5 nitrogen and oxygen atoms in total. The van der Waals surface area contributed by atoms with Gasteiger partial charge in [0, 0.05) is 31.0 Å². The van der Waals surface area contributed by atoms with Crippen LogP contribution in [-0.4, -0.2) is 23.1 Å². The summed E-state index contributed by atoms with van der Waals surface area (Å²) in [4.78, 5) is 13.5. The van der Waals surface area contributed by atoms with Gasteiger partial charge in [0.2, 0.25) is 0 Å². The molecule has 25 heavy (non-hydrogen) atoms. The van der Waals surface area contributed by atoms with Gasteiger partial charge < -0.3 is 14.6 Å². The molecule has 8 heteroatoms. The van der Waals surface area contributed by atoms with Crippen molar-refractivity contribution in [1.82, 2.24) is 9.29 Å². The minimum absolute atomic E-state index is 0.190. The van der Waals surface area contributed by atoms with Crippen LogP contribution in [0.2, 0.25) is 0 Å². The number of fused-ring (bicyclic) bond motifs is 2. The molecule has 2 bridgehead atoms. The van der Waals surface area contributed by atoms with Crippen molar-refractivity contribution in [2.45, 2.75) is 23.8 Å². The first-order chi connectivity index (χ1) is 12.0. The summed E-state index contributed by atoms with van der Waals surface area (Å²) in [5, 5.41) is 2.60. The SMILES string of the molecule is Cn1cc2c(c1C(=O)Nc1ccc(F)c(F)c1)OC[C@H]1C[C@H](C1)NS2. The number of nitrogens with one attached hydrogen (secondary N) is 2. The van der Waals surface area contributed by atoms with Crippen molar-refractivity contribution in [3.05, 3.63) is 41.7 Å². The van der Waals surface area contributed by atoms with Crippen LogP contribution < -0.4 is 14.8 Å². The third-order valence-electron chi connectivity index (χ3n) is 4.53. The smallest absolute Gasteiger partial charge is 0.276 e. The van der Waals surface area contributed by atoms with Crippen molar-refractivity contribution in [2.75, 3.05) is 11.9 Å². The Labute approximate surface area is 147 Å². The largest absolute Gasteiger partial charge is 0.490 e. The van der Waals surface area contributed by atoms with Crippen LogP contribution >= 0.6 is 11.9 Å². The number of carbonyl (C=O) groups excluding carboxylic acids is 1. The molecule has 1 amide bonds. The molecular formula is C17H17F2N3O2S. The molecule has 0 saturated heterocycles. The van der Waals surface area contributed by atoms with Gasteiger partial charge in [-0.1, -0.05) is 0 Å². The number of aromatic nitrogens is 1. The van der Waals surface area contributed by atoms with Crippen LogP contribution in [0.3, 0.4) is 0 Å². The van der Waals surface area contributed by atoms with Crippen LogP contribution in [0.15, 0.2) is 29.3 Å². The summed E-state index contributed by atoms with van der Waals surface area (Å²) in [6.45, 7) is 0.571.